The van der Waals surface area contributed by atoms with Crippen molar-refractivity contribution in [2.75, 3.05) is 0 Å². The van der Waals surface area contributed by atoms with Gasteiger partial charge in [0, 0.05) is 0 Å². The first-order valence-electron chi connectivity index (χ1n) is 5.55. The number of rotatable bonds is 6. The summed E-state index contributed by atoms with van der Waals surface area (Å²) in [6.07, 6.45) is -0.198. The Balaban J connectivity index is 3.09. The number of carboxylic acids is 1. The van der Waals surface area contributed by atoms with Crippen molar-refractivity contribution < 1.29 is 23.1 Å². The molecule has 3 N–H and O–H groups in total. The fourth-order valence-electron chi connectivity index (χ4n) is 1.58. The van der Waals surface area contributed by atoms with Crippen LogP contribution in [0.4, 0.5) is 0 Å². The van der Waals surface area contributed by atoms with Gasteiger partial charge in [0.2, 0.25) is 5.91 Å². The zero-order chi connectivity index (χ0) is 14.6. The van der Waals surface area contributed by atoms with Crippen LogP contribution in [-0.2, 0) is 25.8 Å². The number of benzene rings is 1. The van der Waals surface area contributed by atoms with Gasteiger partial charge >= 0.3 is 5.97 Å². The number of hydrogen-bond acceptors (Lipinski definition) is 4. The molecule has 0 spiro atoms. The van der Waals surface area contributed by atoms with Crippen molar-refractivity contribution in [2.45, 2.75) is 23.8 Å². The minimum Gasteiger partial charge on any atom is -0.480 e. The summed E-state index contributed by atoms with van der Waals surface area (Å²) in [5.74, 6) is -2.55. The second-order valence-corrected chi connectivity index (χ2v) is 6.60. The van der Waals surface area contributed by atoms with Crippen LogP contribution in [0.5, 0.6) is 0 Å². The fourth-order valence-corrected chi connectivity index (χ4v) is 3.10. The molecule has 1 rings (SSSR count). The quantitative estimate of drug-likeness (QED) is 0.761. The lowest BCUT2D eigenvalue weighted by Gasteiger charge is -2.17. The summed E-state index contributed by atoms with van der Waals surface area (Å²) in [7, 11) is -4.17. The van der Waals surface area contributed by atoms with E-state index >= 15 is 0 Å². The molecule has 0 radical (unpaired) electrons. The summed E-state index contributed by atoms with van der Waals surface area (Å²) < 4.78 is 24.1. The molecule has 1 amide bonds. The third kappa shape index (κ3) is 3.54. The smallest absolute Gasteiger partial charge is 0.322 e. The monoisotopic (exact) mass is 285 g/mol. The Kier molecular flexibility index (Phi) is 4.66. The molecule has 104 valence electrons. The molecular weight excluding hydrogens is 270 g/mol. The zero-order valence-corrected chi connectivity index (χ0v) is 11.1. The maximum absolute atomic E-state index is 12.0. The summed E-state index contributed by atoms with van der Waals surface area (Å²) >= 11 is 0. The third-order valence-corrected chi connectivity index (χ3v) is 5.21. The van der Waals surface area contributed by atoms with Crippen LogP contribution in [0, 0.1) is 0 Å². The number of carboxylic acid groups (broad SMARTS) is 1. The van der Waals surface area contributed by atoms with E-state index in [9.17, 15) is 18.0 Å². The summed E-state index contributed by atoms with van der Waals surface area (Å²) in [4.78, 5) is 22.1. The molecule has 6 nitrogen and oxygen atoms in total. The van der Waals surface area contributed by atoms with Gasteiger partial charge < -0.3 is 10.8 Å². The van der Waals surface area contributed by atoms with E-state index in [1.54, 1.807) is 30.3 Å². The van der Waals surface area contributed by atoms with Gasteiger partial charge in [-0.2, -0.15) is 0 Å². The van der Waals surface area contributed by atoms with E-state index in [2.05, 4.69) is 0 Å². The predicted molar refractivity (Wildman–Crippen MR) is 69.1 cm³/mol. The van der Waals surface area contributed by atoms with Gasteiger partial charge in [-0.3, -0.25) is 9.59 Å². The Morgan fingerprint density at radius 2 is 1.79 bits per heavy atom. The highest BCUT2D eigenvalue weighted by Crippen LogP contribution is 2.15. The van der Waals surface area contributed by atoms with Crippen LogP contribution in [0.2, 0.25) is 0 Å². The van der Waals surface area contributed by atoms with E-state index in [0.29, 0.717) is 5.56 Å². The number of sulfone groups is 1. The standard InChI is InChI=1S/C12H15NO5S/c1-8(11(13)14)19(17,18)10(12(15)16)7-9-5-3-2-4-6-9/h2-6,8,10H,7H2,1H3,(H2,13,14)(H,15,16). The molecule has 0 heterocycles. The minimum atomic E-state index is -4.17. The number of primary amides is 1. The van der Waals surface area contributed by atoms with E-state index < -0.39 is 32.2 Å². The lowest BCUT2D eigenvalue weighted by molar-refractivity contribution is -0.136. The molecule has 0 saturated heterocycles. The molecule has 0 aromatic heterocycles. The number of carbonyl (C=O) groups is 2. The van der Waals surface area contributed by atoms with Crippen molar-refractivity contribution in [1.82, 2.24) is 0 Å². The van der Waals surface area contributed by atoms with Gasteiger partial charge in [0.05, 0.1) is 0 Å². The maximum atomic E-state index is 12.0. The molecule has 19 heavy (non-hydrogen) atoms. The molecule has 0 aliphatic rings. The first-order valence-corrected chi connectivity index (χ1v) is 7.16. The summed E-state index contributed by atoms with van der Waals surface area (Å²) in [6, 6.07) is 8.34. The van der Waals surface area contributed by atoms with Crippen molar-refractivity contribution in [3.8, 4) is 0 Å². The molecule has 0 bridgehead atoms. The average molecular weight is 285 g/mol. The van der Waals surface area contributed by atoms with Gasteiger partial charge in [0.25, 0.3) is 0 Å². The van der Waals surface area contributed by atoms with E-state index in [1.165, 1.54) is 0 Å². The van der Waals surface area contributed by atoms with Gasteiger partial charge in [0.1, 0.15) is 5.25 Å². The number of carbonyl (C=O) groups excluding carboxylic acids is 1. The van der Waals surface area contributed by atoms with Gasteiger partial charge in [-0.05, 0) is 18.9 Å². The van der Waals surface area contributed by atoms with Crippen LogP contribution in [0.15, 0.2) is 30.3 Å². The highest BCUT2D eigenvalue weighted by Gasteiger charge is 2.39. The van der Waals surface area contributed by atoms with E-state index in [-0.39, 0.29) is 6.42 Å². The summed E-state index contributed by atoms with van der Waals surface area (Å²) in [5.41, 5.74) is 5.51. The van der Waals surface area contributed by atoms with Crippen LogP contribution in [0.25, 0.3) is 0 Å². The Bertz CT molecular complexity index is 567. The van der Waals surface area contributed by atoms with Crippen molar-refractivity contribution in [1.29, 1.82) is 0 Å². The normalized spacial score (nSPS) is 14.6. The van der Waals surface area contributed by atoms with Gasteiger partial charge in [0.15, 0.2) is 15.1 Å². The van der Waals surface area contributed by atoms with Crippen LogP contribution in [0.1, 0.15) is 12.5 Å². The van der Waals surface area contributed by atoms with Crippen LogP contribution in [0.3, 0.4) is 0 Å². The molecule has 1 aromatic carbocycles. The first kappa shape index (κ1) is 15.2. The average Bonchev–Trinajstić information content (AvgIpc) is 2.35. The number of aliphatic carboxylic acids is 1. The third-order valence-electron chi connectivity index (χ3n) is 2.83. The lowest BCUT2D eigenvalue weighted by Crippen LogP contribution is -2.43. The number of hydrogen-bond donors (Lipinski definition) is 2. The van der Waals surface area contributed by atoms with E-state index in [1.807, 2.05) is 0 Å². The summed E-state index contributed by atoms with van der Waals surface area (Å²) in [6.45, 7) is 1.10. The van der Waals surface area contributed by atoms with Crippen LogP contribution in [-0.4, -0.2) is 35.9 Å². The summed E-state index contributed by atoms with van der Waals surface area (Å²) in [5, 5.41) is 5.86. The van der Waals surface area contributed by atoms with Gasteiger partial charge in [-0.15, -0.1) is 0 Å². The molecule has 7 heteroatoms. The molecule has 0 saturated carbocycles. The number of amides is 1. The van der Waals surface area contributed by atoms with Crippen LogP contribution < -0.4 is 5.73 Å². The van der Waals surface area contributed by atoms with Crippen LogP contribution >= 0.6 is 0 Å². The van der Waals surface area contributed by atoms with Crippen molar-refractivity contribution in [3.05, 3.63) is 35.9 Å². The number of nitrogens with two attached hydrogens (primary N) is 1. The molecule has 0 fully saturated rings. The van der Waals surface area contributed by atoms with Crippen molar-refractivity contribution in [2.24, 2.45) is 5.73 Å². The molecule has 1 aromatic rings. The maximum Gasteiger partial charge on any atom is 0.322 e. The van der Waals surface area contributed by atoms with Gasteiger partial charge in [-0.25, -0.2) is 8.42 Å². The van der Waals surface area contributed by atoms with E-state index in [4.69, 9.17) is 10.8 Å². The Morgan fingerprint density at radius 3 is 2.21 bits per heavy atom. The second-order valence-electron chi connectivity index (χ2n) is 4.15. The predicted octanol–water partition coefficient (Wildman–Crippen LogP) is -0.0291. The minimum absolute atomic E-state index is 0.198. The van der Waals surface area contributed by atoms with Gasteiger partial charge in [-0.1, -0.05) is 30.3 Å². The fraction of sp³-hybridized carbons (Fsp3) is 0.333. The van der Waals surface area contributed by atoms with Crippen molar-refractivity contribution in [3.63, 3.8) is 0 Å². The zero-order valence-electron chi connectivity index (χ0n) is 10.3. The molecule has 0 aliphatic carbocycles. The highest BCUT2D eigenvalue weighted by molar-refractivity contribution is 7.94. The van der Waals surface area contributed by atoms with E-state index in [0.717, 1.165) is 6.92 Å². The Hall–Kier alpha value is -1.89. The molecular formula is C12H15NO5S. The van der Waals surface area contributed by atoms with Crippen molar-refractivity contribution >= 4 is 21.7 Å². The molecule has 0 aliphatic heterocycles. The Morgan fingerprint density at radius 1 is 1.26 bits per heavy atom. The lowest BCUT2D eigenvalue weighted by atomic mass is 10.1. The Labute approximate surface area is 111 Å². The second kappa shape index (κ2) is 5.83. The SMILES string of the molecule is CC(C(N)=O)S(=O)(=O)C(Cc1ccccc1)C(=O)O. The highest BCUT2D eigenvalue weighted by atomic mass is 32.2. The molecule has 2 atom stereocenters. The molecule has 2 unspecified atom stereocenters. The topological polar surface area (TPSA) is 115 Å². The first-order chi connectivity index (χ1) is 8.76. The largest absolute Gasteiger partial charge is 0.480 e.